The van der Waals surface area contributed by atoms with Crippen LogP contribution in [-0.2, 0) is 11.2 Å². The lowest BCUT2D eigenvalue weighted by atomic mass is 9.83. The van der Waals surface area contributed by atoms with Crippen molar-refractivity contribution in [1.29, 1.82) is 0 Å². The molecule has 3 rings (SSSR count). The summed E-state index contributed by atoms with van der Waals surface area (Å²) in [5, 5.41) is 16.9. The fraction of sp³-hybridized carbons (Fsp3) is 0.458. The zero-order valence-corrected chi connectivity index (χ0v) is 19.0. The number of hydrazone groups is 1. The molecule has 0 aliphatic carbocycles. The number of benzene rings is 1. The van der Waals surface area contributed by atoms with E-state index in [2.05, 4.69) is 20.9 Å². The zero-order chi connectivity index (χ0) is 23.6. The van der Waals surface area contributed by atoms with Crippen molar-refractivity contribution in [3.63, 3.8) is 0 Å². The molecule has 0 radical (unpaired) electrons. The van der Waals surface area contributed by atoms with Gasteiger partial charge in [-0.2, -0.15) is 5.10 Å². The summed E-state index contributed by atoms with van der Waals surface area (Å²) in [6, 6.07) is 13.7. The number of hydrogen-bond donors (Lipinski definition) is 5. The average Bonchev–Trinajstić information content (AvgIpc) is 2.82. The van der Waals surface area contributed by atoms with Crippen LogP contribution in [0.25, 0.3) is 11.3 Å². The standard InChI is InChI=1S/C24H34N6O3/c1-2-4-19(24(31)32)20(23(25)29-30-26)15-16-7-9-17(10-8-16)21-5-3-6-22(28-21)33-18-11-13-27-14-12-18/h3,5-10,18-20,27,30H,2,4,11-15,26H2,1H3,(H2,25,29)(H,31,32)/t19-,20-/m0/s1. The number of piperidine rings is 1. The van der Waals surface area contributed by atoms with Crippen molar-refractivity contribution in [2.75, 3.05) is 13.1 Å². The van der Waals surface area contributed by atoms with Crippen molar-refractivity contribution >= 4 is 11.8 Å². The predicted octanol–water partition coefficient (Wildman–Crippen LogP) is 2.27. The Labute approximate surface area is 194 Å². The van der Waals surface area contributed by atoms with Crippen LogP contribution in [0.5, 0.6) is 5.88 Å². The summed E-state index contributed by atoms with van der Waals surface area (Å²) in [7, 11) is 0. The first-order valence-corrected chi connectivity index (χ1v) is 11.5. The Hall–Kier alpha value is -3.17. The van der Waals surface area contributed by atoms with Crippen LogP contribution in [-0.4, -0.2) is 41.1 Å². The molecule has 0 bridgehead atoms. The first kappa shape index (κ1) is 24.5. The number of amidine groups is 1. The van der Waals surface area contributed by atoms with Crippen LogP contribution in [0.15, 0.2) is 47.6 Å². The SMILES string of the molecule is CCC[C@H](C(=O)O)[C@H](Cc1ccc(-c2cccc(OC3CCNCC3)n2)cc1)/C(N)=N/NN. The molecule has 1 fully saturated rings. The number of carboxylic acids is 1. The van der Waals surface area contributed by atoms with Gasteiger partial charge in [0, 0.05) is 17.5 Å². The Morgan fingerprint density at radius 3 is 2.61 bits per heavy atom. The number of nitrogens with two attached hydrogens (primary N) is 2. The number of carbonyl (C=O) groups is 1. The third-order valence-electron chi connectivity index (χ3n) is 5.98. The van der Waals surface area contributed by atoms with Gasteiger partial charge in [0.05, 0.1) is 11.6 Å². The Bertz CT molecular complexity index is 928. The molecule has 7 N–H and O–H groups in total. The number of aromatic nitrogens is 1. The van der Waals surface area contributed by atoms with Gasteiger partial charge in [-0.1, -0.05) is 43.7 Å². The second kappa shape index (κ2) is 12.2. The summed E-state index contributed by atoms with van der Waals surface area (Å²) in [4.78, 5) is 16.5. The summed E-state index contributed by atoms with van der Waals surface area (Å²) in [6.07, 6.45) is 3.82. The Morgan fingerprint density at radius 1 is 1.24 bits per heavy atom. The molecular weight excluding hydrogens is 420 g/mol. The molecule has 9 heteroatoms. The van der Waals surface area contributed by atoms with Crippen molar-refractivity contribution in [3.8, 4) is 17.1 Å². The molecule has 178 valence electrons. The number of nitrogens with one attached hydrogen (secondary N) is 2. The fourth-order valence-electron chi connectivity index (χ4n) is 4.21. The molecule has 1 aromatic carbocycles. The van der Waals surface area contributed by atoms with E-state index in [4.69, 9.17) is 16.3 Å². The lowest BCUT2D eigenvalue weighted by Crippen LogP contribution is -2.38. The van der Waals surface area contributed by atoms with Gasteiger partial charge >= 0.3 is 5.97 Å². The maximum absolute atomic E-state index is 11.9. The Balaban J connectivity index is 1.74. The lowest BCUT2D eigenvalue weighted by molar-refractivity contribution is -0.143. The molecule has 9 nitrogen and oxygen atoms in total. The zero-order valence-electron chi connectivity index (χ0n) is 19.0. The maximum Gasteiger partial charge on any atom is 0.307 e. The first-order chi connectivity index (χ1) is 16.0. The molecule has 0 saturated carbocycles. The van der Waals surface area contributed by atoms with Gasteiger partial charge < -0.3 is 20.9 Å². The third kappa shape index (κ3) is 6.90. The minimum absolute atomic E-state index is 0.187. The average molecular weight is 455 g/mol. The highest BCUT2D eigenvalue weighted by Gasteiger charge is 2.30. The van der Waals surface area contributed by atoms with Crippen LogP contribution in [0, 0.1) is 11.8 Å². The van der Waals surface area contributed by atoms with E-state index in [1.54, 1.807) is 0 Å². The van der Waals surface area contributed by atoms with Crippen LogP contribution < -0.4 is 27.2 Å². The van der Waals surface area contributed by atoms with E-state index < -0.39 is 17.8 Å². The molecule has 1 aromatic heterocycles. The number of hydrazine groups is 1. The summed E-state index contributed by atoms with van der Waals surface area (Å²) in [5.74, 6) is 4.10. The van der Waals surface area contributed by atoms with E-state index in [1.807, 2.05) is 49.4 Å². The quantitative estimate of drug-likeness (QED) is 0.150. The van der Waals surface area contributed by atoms with Crippen LogP contribution in [0.2, 0.25) is 0 Å². The molecule has 2 aromatic rings. The molecule has 2 heterocycles. The third-order valence-corrected chi connectivity index (χ3v) is 5.98. The van der Waals surface area contributed by atoms with E-state index >= 15 is 0 Å². The van der Waals surface area contributed by atoms with Crippen LogP contribution in [0.1, 0.15) is 38.2 Å². The number of rotatable bonds is 11. The summed E-state index contributed by atoms with van der Waals surface area (Å²) < 4.78 is 6.06. The van der Waals surface area contributed by atoms with Gasteiger partial charge in [-0.3, -0.25) is 4.79 Å². The highest BCUT2D eigenvalue weighted by atomic mass is 16.5. The van der Waals surface area contributed by atoms with Crippen molar-refractivity contribution in [1.82, 2.24) is 15.8 Å². The number of pyridine rings is 1. The minimum atomic E-state index is -0.886. The lowest BCUT2D eigenvalue weighted by Gasteiger charge is -2.23. The smallest absolute Gasteiger partial charge is 0.307 e. The van der Waals surface area contributed by atoms with Crippen LogP contribution in [0.4, 0.5) is 0 Å². The van der Waals surface area contributed by atoms with E-state index in [-0.39, 0.29) is 11.9 Å². The number of aliphatic carboxylic acids is 1. The topological polar surface area (TPSA) is 148 Å². The Kier molecular flexibility index (Phi) is 9.03. The van der Waals surface area contributed by atoms with Gasteiger partial charge in [0.1, 0.15) is 11.9 Å². The highest BCUT2D eigenvalue weighted by molar-refractivity contribution is 5.87. The van der Waals surface area contributed by atoms with Gasteiger partial charge in [0.2, 0.25) is 5.88 Å². The summed E-state index contributed by atoms with van der Waals surface area (Å²) in [5.41, 5.74) is 11.0. The normalized spacial score (nSPS) is 16.7. The minimum Gasteiger partial charge on any atom is -0.481 e. The molecule has 0 spiro atoms. The van der Waals surface area contributed by atoms with Gasteiger partial charge in [0.15, 0.2) is 0 Å². The second-order valence-electron chi connectivity index (χ2n) is 8.33. The maximum atomic E-state index is 11.9. The first-order valence-electron chi connectivity index (χ1n) is 11.5. The van der Waals surface area contributed by atoms with Gasteiger partial charge in [-0.25, -0.2) is 16.4 Å². The number of carboxylic acid groups (broad SMARTS) is 1. The van der Waals surface area contributed by atoms with Crippen LogP contribution >= 0.6 is 0 Å². The molecule has 1 saturated heterocycles. The number of nitrogens with zero attached hydrogens (tertiary/aromatic N) is 2. The molecule has 0 unspecified atom stereocenters. The van der Waals surface area contributed by atoms with Crippen LogP contribution in [0.3, 0.4) is 0 Å². The second-order valence-corrected chi connectivity index (χ2v) is 8.33. The Morgan fingerprint density at radius 2 is 1.97 bits per heavy atom. The molecule has 0 amide bonds. The van der Waals surface area contributed by atoms with E-state index in [9.17, 15) is 9.90 Å². The van der Waals surface area contributed by atoms with E-state index in [0.717, 1.165) is 49.2 Å². The van der Waals surface area contributed by atoms with E-state index in [1.165, 1.54) is 0 Å². The van der Waals surface area contributed by atoms with Gasteiger partial charge in [-0.15, -0.1) is 0 Å². The van der Waals surface area contributed by atoms with Crippen molar-refractivity contribution in [2.45, 2.75) is 45.1 Å². The van der Waals surface area contributed by atoms with Gasteiger partial charge in [0.25, 0.3) is 0 Å². The molecular formula is C24H34N6O3. The van der Waals surface area contributed by atoms with Crippen molar-refractivity contribution in [3.05, 3.63) is 48.0 Å². The predicted molar refractivity (Wildman–Crippen MR) is 128 cm³/mol. The van der Waals surface area contributed by atoms with Gasteiger partial charge in [-0.05, 0) is 50.4 Å². The summed E-state index contributed by atoms with van der Waals surface area (Å²) >= 11 is 0. The number of hydrogen-bond acceptors (Lipinski definition) is 7. The molecule has 2 atom stereocenters. The molecule has 1 aliphatic heterocycles. The monoisotopic (exact) mass is 454 g/mol. The molecule has 1 aliphatic rings. The number of ether oxygens (including phenoxy) is 1. The summed E-state index contributed by atoms with van der Waals surface area (Å²) in [6.45, 7) is 3.88. The molecule has 33 heavy (non-hydrogen) atoms. The van der Waals surface area contributed by atoms with Crippen molar-refractivity contribution in [2.24, 2.45) is 28.5 Å². The fourth-order valence-corrected chi connectivity index (χ4v) is 4.21. The van der Waals surface area contributed by atoms with E-state index in [0.29, 0.717) is 18.7 Å². The van der Waals surface area contributed by atoms with Crippen molar-refractivity contribution < 1.29 is 14.6 Å². The largest absolute Gasteiger partial charge is 0.481 e. The highest BCUT2D eigenvalue weighted by Crippen LogP contribution is 2.26.